The van der Waals surface area contributed by atoms with Crippen molar-refractivity contribution in [3.63, 3.8) is 0 Å². The van der Waals surface area contributed by atoms with Crippen molar-refractivity contribution in [3.05, 3.63) is 0 Å². The molecule has 0 aromatic heterocycles. The van der Waals surface area contributed by atoms with Crippen LogP contribution in [0.5, 0.6) is 0 Å². The summed E-state index contributed by atoms with van der Waals surface area (Å²) < 4.78 is 11.4. The number of fused-ring (bicyclic) bond motifs is 1. The quantitative estimate of drug-likeness (QED) is 0.570. The summed E-state index contributed by atoms with van der Waals surface area (Å²) in [6, 6.07) is 0. The van der Waals surface area contributed by atoms with Gasteiger partial charge in [0.1, 0.15) is 6.29 Å². The predicted octanol–water partition coefficient (Wildman–Crippen LogP) is 1.12. The minimum absolute atomic E-state index is 0.116. The zero-order chi connectivity index (χ0) is 9.27. The molecule has 0 N–H and O–H groups in total. The number of ether oxygens (including phenoxy) is 2. The fourth-order valence-electron chi connectivity index (χ4n) is 3.51. The third-order valence-electron chi connectivity index (χ3n) is 3.86. The minimum atomic E-state index is -0.176. The molecule has 5 fully saturated rings. The van der Waals surface area contributed by atoms with Crippen LogP contribution in [0.1, 0.15) is 26.7 Å². The van der Waals surface area contributed by atoms with Gasteiger partial charge in [0, 0.05) is 17.8 Å². The van der Waals surface area contributed by atoms with Crippen LogP contribution >= 0.6 is 0 Å². The molecule has 4 saturated heterocycles. The average molecular weight is 182 g/mol. The van der Waals surface area contributed by atoms with E-state index in [9.17, 15) is 4.79 Å². The second-order valence-electron chi connectivity index (χ2n) is 5.06. The maximum absolute atomic E-state index is 11.1. The third-order valence-corrected chi connectivity index (χ3v) is 3.86. The van der Waals surface area contributed by atoms with Crippen LogP contribution in [0.3, 0.4) is 0 Å². The van der Waals surface area contributed by atoms with Gasteiger partial charge in [0.15, 0.2) is 6.29 Å². The van der Waals surface area contributed by atoms with Gasteiger partial charge in [0.25, 0.3) is 0 Å². The van der Waals surface area contributed by atoms with Gasteiger partial charge >= 0.3 is 0 Å². The van der Waals surface area contributed by atoms with Crippen molar-refractivity contribution < 1.29 is 14.3 Å². The molecular weight excluding hydrogens is 168 g/mol. The molecule has 4 atom stereocenters. The van der Waals surface area contributed by atoms with E-state index in [0.717, 1.165) is 19.1 Å². The second-order valence-corrected chi connectivity index (χ2v) is 5.06. The number of carbonyl (C=O) groups is 1. The van der Waals surface area contributed by atoms with Gasteiger partial charge in [0.05, 0.1) is 11.7 Å². The Morgan fingerprint density at radius 1 is 1.38 bits per heavy atom. The van der Waals surface area contributed by atoms with Gasteiger partial charge in [-0.1, -0.05) is 0 Å². The highest BCUT2D eigenvalue weighted by Gasteiger charge is 2.69. The summed E-state index contributed by atoms with van der Waals surface area (Å²) in [6.07, 6.45) is 2.94. The van der Waals surface area contributed by atoms with Crippen LogP contribution in [-0.2, 0) is 14.3 Å². The zero-order valence-corrected chi connectivity index (χ0v) is 7.95. The number of rotatable bonds is 1. The highest BCUT2D eigenvalue weighted by Crippen LogP contribution is 2.63. The van der Waals surface area contributed by atoms with E-state index in [0.29, 0.717) is 0 Å². The van der Waals surface area contributed by atoms with Crippen LogP contribution in [0.2, 0.25) is 0 Å². The molecule has 3 nitrogen and oxygen atoms in total. The van der Waals surface area contributed by atoms with E-state index >= 15 is 0 Å². The molecule has 1 saturated carbocycles. The second kappa shape index (κ2) is 1.98. The highest BCUT2D eigenvalue weighted by atomic mass is 16.7. The third kappa shape index (κ3) is 0.754. The molecule has 0 aromatic carbocycles. The fourth-order valence-corrected chi connectivity index (χ4v) is 3.51. The van der Waals surface area contributed by atoms with Gasteiger partial charge in [-0.2, -0.15) is 0 Å². The summed E-state index contributed by atoms with van der Waals surface area (Å²) in [5.74, 6) is 0.280. The number of aldehydes is 1. The van der Waals surface area contributed by atoms with E-state index in [2.05, 4.69) is 13.8 Å². The van der Waals surface area contributed by atoms with Gasteiger partial charge in [-0.3, -0.25) is 0 Å². The van der Waals surface area contributed by atoms with Gasteiger partial charge in [-0.05, 0) is 20.3 Å². The van der Waals surface area contributed by atoms with Crippen molar-refractivity contribution in [1.29, 1.82) is 0 Å². The topological polar surface area (TPSA) is 35.5 Å². The first-order valence-corrected chi connectivity index (χ1v) is 4.87. The Kier molecular flexibility index (Phi) is 1.21. The van der Waals surface area contributed by atoms with E-state index in [1.807, 2.05) is 0 Å². The van der Waals surface area contributed by atoms with Crippen molar-refractivity contribution in [2.45, 2.75) is 44.7 Å². The first-order valence-electron chi connectivity index (χ1n) is 4.87. The van der Waals surface area contributed by atoms with Crippen molar-refractivity contribution in [2.24, 2.45) is 11.3 Å². The maximum Gasteiger partial charge on any atom is 0.159 e. The first kappa shape index (κ1) is 7.94. The fraction of sp³-hybridized carbons (Fsp3) is 0.900. The summed E-state index contributed by atoms with van der Waals surface area (Å²) in [7, 11) is 0. The summed E-state index contributed by atoms with van der Waals surface area (Å²) in [6.45, 7) is 4.13. The zero-order valence-electron chi connectivity index (χ0n) is 7.95. The number of hydrogen-bond acceptors (Lipinski definition) is 3. The molecule has 1 aliphatic carbocycles. The summed E-state index contributed by atoms with van der Waals surface area (Å²) in [5.41, 5.74) is -0.291. The monoisotopic (exact) mass is 182 g/mol. The van der Waals surface area contributed by atoms with Crippen LogP contribution < -0.4 is 0 Å². The largest absolute Gasteiger partial charge is 0.349 e. The van der Waals surface area contributed by atoms with E-state index < -0.39 is 0 Å². The molecule has 13 heavy (non-hydrogen) atoms. The highest BCUT2D eigenvalue weighted by molar-refractivity contribution is 5.64. The van der Waals surface area contributed by atoms with Gasteiger partial charge in [-0.15, -0.1) is 0 Å². The molecule has 4 aliphatic heterocycles. The molecule has 0 spiro atoms. The van der Waals surface area contributed by atoms with Crippen LogP contribution in [0, 0.1) is 11.3 Å². The molecule has 5 rings (SSSR count). The van der Waals surface area contributed by atoms with Crippen molar-refractivity contribution in [1.82, 2.24) is 0 Å². The van der Waals surface area contributed by atoms with Crippen molar-refractivity contribution in [3.8, 4) is 0 Å². The van der Waals surface area contributed by atoms with Crippen molar-refractivity contribution >= 4 is 6.29 Å². The Morgan fingerprint density at radius 2 is 2.15 bits per heavy atom. The number of carbonyl (C=O) groups excluding carboxylic acids is 1. The van der Waals surface area contributed by atoms with E-state index in [-0.39, 0.29) is 29.3 Å². The Balaban J connectivity index is 2.02. The minimum Gasteiger partial charge on any atom is -0.349 e. The van der Waals surface area contributed by atoms with Crippen molar-refractivity contribution in [2.75, 3.05) is 0 Å². The Hall–Kier alpha value is -0.410. The molecule has 0 unspecified atom stereocenters. The molecule has 4 heterocycles. The van der Waals surface area contributed by atoms with Gasteiger partial charge < -0.3 is 14.3 Å². The van der Waals surface area contributed by atoms with Crippen LogP contribution in [0.4, 0.5) is 0 Å². The normalized spacial score (nSPS) is 55.7. The first-order chi connectivity index (χ1) is 6.07. The predicted molar refractivity (Wildman–Crippen MR) is 45.0 cm³/mol. The lowest BCUT2D eigenvalue weighted by Crippen LogP contribution is -2.73. The molecule has 3 heteroatoms. The molecular formula is C10H14O3. The number of hydrogen-bond donors (Lipinski definition) is 0. The van der Waals surface area contributed by atoms with E-state index in [4.69, 9.17) is 9.47 Å². The smallest absolute Gasteiger partial charge is 0.159 e. The summed E-state index contributed by atoms with van der Waals surface area (Å²) in [5, 5.41) is 0. The van der Waals surface area contributed by atoms with Gasteiger partial charge in [-0.25, -0.2) is 0 Å². The molecule has 0 amide bonds. The lowest BCUT2D eigenvalue weighted by Gasteiger charge is -2.67. The van der Waals surface area contributed by atoms with Crippen LogP contribution in [-0.4, -0.2) is 24.3 Å². The molecule has 5 aliphatic rings. The SMILES string of the molecule is CC1(C)O[C@@H]2C[C@@]3(C=O)C[C@@H](O2)[C@@H]13. The van der Waals surface area contributed by atoms with Crippen LogP contribution in [0.15, 0.2) is 0 Å². The van der Waals surface area contributed by atoms with Crippen LogP contribution in [0.25, 0.3) is 0 Å². The lowest BCUT2D eigenvalue weighted by molar-refractivity contribution is -0.405. The van der Waals surface area contributed by atoms with E-state index in [1.165, 1.54) is 0 Å². The summed E-state index contributed by atoms with van der Waals surface area (Å²) >= 11 is 0. The Bertz CT molecular complexity index is 273. The Morgan fingerprint density at radius 3 is 2.62 bits per heavy atom. The van der Waals surface area contributed by atoms with E-state index in [1.54, 1.807) is 0 Å². The molecule has 0 aromatic rings. The standard InChI is InChI=1S/C10H14O3/c1-9(2)8-6-3-10(8,5-11)4-7(12-6)13-9/h5-8H,3-4H2,1-2H3/t6-,7-,8+,10-/m1/s1. The maximum atomic E-state index is 11.1. The lowest BCUT2D eigenvalue weighted by atomic mass is 9.49. The molecule has 4 bridgehead atoms. The average Bonchev–Trinajstić information content (AvgIpc) is 1.99. The van der Waals surface area contributed by atoms with Gasteiger partial charge in [0.2, 0.25) is 0 Å². The summed E-state index contributed by atoms with van der Waals surface area (Å²) in [4.78, 5) is 11.1. The Labute approximate surface area is 77.4 Å². The molecule has 72 valence electrons. The molecule has 0 radical (unpaired) electrons.